The Labute approximate surface area is 154 Å². The van der Waals surface area contributed by atoms with Crippen LogP contribution in [0, 0.1) is 18.7 Å². The smallest absolute Gasteiger partial charge is 0.253 e. The summed E-state index contributed by atoms with van der Waals surface area (Å²) in [7, 11) is 0. The molecule has 1 aromatic heterocycles. The summed E-state index contributed by atoms with van der Waals surface area (Å²) in [5, 5.41) is 3.69. The Kier molecular flexibility index (Phi) is 9.18. The molecule has 7 heteroatoms. The quantitative estimate of drug-likeness (QED) is 0.838. The molecule has 2 aromatic rings. The predicted octanol–water partition coefficient (Wildman–Crippen LogP) is 3.63. The van der Waals surface area contributed by atoms with Gasteiger partial charge in [-0.05, 0) is 37.5 Å². The Morgan fingerprint density at radius 2 is 1.96 bits per heavy atom. The van der Waals surface area contributed by atoms with E-state index in [0.29, 0.717) is 29.2 Å². The zero-order valence-electron chi connectivity index (χ0n) is 14.0. The van der Waals surface area contributed by atoms with Crippen molar-refractivity contribution in [1.29, 1.82) is 0 Å². The number of nitrogens with one attached hydrogen (secondary N) is 1. The van der Waals surface area contributed by atoms with E-state index in [-0.39, 0.29) is 42.6 Å². The molecule has 3 N–H and O–H groups in total. The number of halogens is 3. The predicted molar refractivity (Wildman–Crippen MR) is 101 cm³/mol. The molecule has 0 saturated heterocycles. The van der Waals surface area contributed by atoms with Crippen LogP contribution < -0.4 is 11.1 Å². The van der Waals surface area contributed by atoms with Gasteiger partial charge in [-0.2, -0.15) is 0 Å². The summed E-state index contributed by atoms with van der Waals surface area (Å²) >= 11 is 0. The molecular weight excluding hydrogens is 352 g/mol. The molecule has 0 fully saturated rings. The Morgan fingerprint density at radius 1 is 1.29 bits per heavy atom. The zero-order valence-corrected chi connectivity index (χ0v) is 15.6. The van der Waals surface area contributed by atoms with Crippen LogP contribution in [-0.4, -0.2) is 23.5 Å². The molecule has 1 atom stereocenters. The first-order chi connectivity index (χ1) is 10.4. The van der Waals surface area contributed by atoms with Crippen molar-refractivity contribution >= 4 is 41.6 Å². The number of benzene rings is 1. The number of aromatic nitrogens is 1. The molecule has 0 radical (unpaired) electrons. The van der Waals surface area contributed by atoms with Crippen molar-refractivity contribution in [3.63, 3.8) is 0 Å². The molecule has 1 heterocycles. The highest BCUT2D eigenvalue weighted by atomic mass is 35.5. The molecule has 0 bridgehead atoms. The minimum absolute atomic E-state index is 0. The van der Waals surface area contributed by atoms with Crippen LogP contribution in [0.15, 0.2) is 24.3 Å². The van der Waals surface area contributed by atoms with Gasteiger partial charge in [-0.15, -0.1) is 24.8 Å². The van der Waals surface area contributed by atoms with Gasteiger partial charge in [-0.25, -0.2) is 4.39 Å². The second-order valence-electron chi connectivity index (χ2n) is 5.99. The molecule has 1 amide bonds. The van der Waals surface area contributed by atoms with E-state index in [9.17, 15) is 9.18 Å². The lowest BCUT2D eigenvalue weighted by Crippen LogP contribution is -2.41. The highest BCUT2D eigenvalue weighted by Crippen LogP contribution is 2.18. The maximum absolute atomic E-state index is 13.2. The Hall–Kier alpha value is -1.43. The van der Waals surface area contributed by atoms with Gasteiger partial charge >= 0.3 is 0 Å². The van der Waals surface area contributed by atoms with Crippen molar-refractivity contribution in [3.05, 3.63) is 41.3 Å². The number of nitrogens with two attached hydrogens (primary N) is 1. The van der Waals surface area contributed by atoms with Crippen molar-refractivity contribution in [2.24, 2.45) is 11.7 Å². The molecule has 1 unspecified atom stereocenters. The van der Waals surface area contributed by atoms with Gasteiger partial charge in [0.25, 0.3) is 5.91 Å². The van der Waals surface area contributed by atoms with Crippen LogP contribution in [0.2, 0.25) is 0 Å². The van der Waals surface area contributed by atoms with E-state index < -0.39 is 0 Å². The Morgan fingerprint density at radius 3 is 2.54 bits per heavy atom. The number of carbonyl (C=O) groups is 1. The van der Waals surface area contributed by atoms with Gasteiger partial charge in [0.15, 0.2) is 0 Å². The van der Waals surface area contributed by atoms with Crippen LogP contribution in [0.5, 0.6) is 0 Å². The fourth-order valence-corrected chi connectivity index (χ4v) is 2.51. The minimum Gasteiger partial charge on any atom is -0.348 e. The van der Waals surface area contributed by atoms with E-state index >= 15 is 0 Å². The molecule has 2 rings (SSSR count). The van der Waals surface area contributed by atoms with E-state index in [2.05, 4.69) is 24.1 Å². The van der Waals surface area contributed by atoms with Crippen LogP contribution in [0.4, 0.5) is 4.39 Å². The average molecular weight is 376 g/mol. The molecule has 0 aliphatic carbocycles. The summed E-state index contributed by atoms with van der Waals surface area (Å²) in [5.74, 6) is -0.0725. The summed E-state index contributed by atoms with van der Waals surface area (Å²) in [6.45, 7) is 6.33. The molecule has 0 spiro atoms. The van der Waals surface area contributed by atoms with Crippen molar-refractivity contribution in [2.45, 2.75) is 33.2 Å². The van der Waals surface area contributed by atoms with E-state index in [0.717, 1.165) is 11.8 Å². The number of rotatable bonds is 5. The number of aryl methyl sites for hydroxylation is 1. The van der Waals surface area contributed by atoms with Crippen molar-refractivity contribution < 1.29 is 9.18 Å². The van der Waals surface area contributed by atoms with Gasteiger partial charge in [-0.3, -0.25) is 9.78 Å². The summed E-state index contributed by atoms with van der Waals surface area (Å²) in [4.78, 5) is 16.8. The molecule has 134 valence electrons. The summed E-state index contributed by atoms with van der Waals surface area (Å²) in [6, 6.07) is 6.04. The van der Waals surface area contributed by atoms with E-state index in [1.807, 2.05) is 0 Å². The monoisotopic (exact) mass is 375 g/mol. The first kappa shape index (κ1) is 22.6. The second kappa shape index (κ2) is 9.77. The van der Waals surface area contributed by atoms with Crippen LogP contribution in [0.1, 0.15) is 36.3 Å². The summed E-state index contributed by atoms with van der Waals surface area (Å²) in [6.07, 6.45) is 0.827. The van der Waals surface area contributed by atoms with Crippen LogP contribution in [-0.2, 0) is 0 Å². The van der Waals surface area contributed by atoms with E-state index in [1.165, 1.54) is 12.1 Å². The van der Waals surface area contributed by atoms with Crippen LogP contribution in [0.25, 0.3) is 10.9 Å². The maximum atomic E-state index is 13.2. The molecule has 4 nitrogen and oxygen atoms in total. The van der Waals surface area contributed by atoms with Crippen LogP contribution in [0.3, 0.4) is 0 Å². The third kappa shape index (κ3) is 5.58. The van der Waals surface area contributed by atoms with E-state index in [4.69, 9.17) is 5.73 Å². The van der Waals surface area contributed by atoms with Crippen molar-refractivity contribution in [2.75, 3.05) is 6.54 Å². The van der Waals surface area contributed by atoms with Gasteiger partial charge in [0.05, 0.1) is 16.8 Å². The molecular formula is C17H24Cl2FN3O. The van der Waals surface area contributed by atoms with Crippen molar-refractivity contribution in [1.82, 2.24) is 10.3 Å². The fourth-order valence-electron chi connectivity index (χ4n) is 2.51. The summed E-state index contributed by atoms with van der Waals surface area (Å²) in [5.41, 5.74) is 7.35. The van der Waals surface area contributed by atoms with Gasteiger partial charge in [0.2, 0.25) is 0 Å². The first-order valence-corrected chi connectivity index (χ1v) is 7.48. The number of nitrogens with zero attached hydrogens (tertiary/aromatic N) is 1. The fraction of sp³-hybridized carbons (Fsp3) is 0.412. The molecule has 0 aliphatic rings. The normalized spacial score (nSPS) is 11.6. The maximum Gasteiger partial charge on any atom is 0.253 e. The topological polar surface area (TPSA) is 68.0 Å². The molecule has 24 heavy (non-hydrogen) atoms. The standard InChI is InChI=1S/C17H22FN3O.2ClH/c1-10(2)6-14(9-19)21-17(22)15-7-12-4-5-13(18)8-16(12)20-11(15)3;;/h4-5,7-8,10,14H,6,9,19H2,1-3H3,(H,21,22);2*1H. The highest BCUT2D eigenvalue weighted by Gasteiger charge is 2.16. The van der Waals surface area contributed by atoms with Crippen molar-refractivity contribution in [3.8, 4) is 0 Å². The van der Waals surface area contributed by atoms with Gasteiger partial charge in [0.1, 0.15) is 5.82 Å². The number of hydrogen-bond acceptors (Lipinski definition) is 3. The Bertz CT molecular complexity index is 695. The lowest BCUT2D eigenvalue weighted by molar-refractivity contribution is 0.0933. The lowest BCUT2D eigenvalue weighted by Gasteiger charge is -2.19. The van der Waals surface area contributed by atoms with Gasteiger partial charge in [-0.1, -0.05) is 13.8 Å². The Balaban J connectivity index is 0.00000264. The molecule has 1 aromatic carbocycles. The largest absolute Gasteiger partial charge is 0.348 e. The van der Waals surface area contributed by atoms with E-state index in [1.54, 1.807) is 19.1 Å². The number of carbonyl (C=O) groups excluding carboxylic acids is 1. The number of pyridine rings is 1. The second-order valence-corrected chi connectivity index (χ2v) is 5.99. The van der Waals surface area contributed by atoms with Crippen LogP contribution >= 0.6 is 24.8 Å². The zero-order chi connectivity index (χ0) is 16.3. The summed E-state index contributed by atoms with van der Waals surface area (Å²) < 4.78 is 13.2. The van der Waals surface area contributed by atoms with Gasteiger partial charge < -0.3 is 11.1 Å². The highest BCUT2D eigenvalue weighted by molar-refractivity contribution is 5.98. The molecule has 0 aliphatic heterocycles. The number of hydrogen-bond donors (Lipinski definition) is 2. The molecule has 0 saturated carbocycles. The lowest BCUT2D eigenvalue weighted by atomic mass is 10.0. The average Bonchev–Trinajstić information content (AvgIpc) is 2.44. The number of fused-ring (bicyclic) bond motifs is 1. The van der Waals surface area contributed by atoms with Gasteiger partial charge in [0, 0.05) is 24.0 Å². The SMILES string of the molecule is Cc1nc2cc(F)ccc2cc1C(=O)NC(CN)CC(C)C.Cl.Cl. The first-order valence-electron chi connectivity index (χ1n) is 7.48. The number of amides is 1. The minimum atomic E-state index is -0.336. The third-order valence-corrected chi connectivity index (χ3v) is 3.59. The third-order valence-electron chi connectivity index (χ3n) is 3.59.